The minimum Gasteiger partial charge on any atom is -0.370 e. The van der Waals surface area contributed by atoms with Gasteiger partial charge in [-0.05, 0) is 17.6 Å². The Morgan fingerprint density at radius 2 is 2.05 bits per heavy atom. The highest BCUT2D eigenvalue weighted by Crippen LogP contribution is 2.31. The van der Waals surface area contributed by atoms with Crippen molar-refractivity contribution >= 4 is 34.9 Å². The molecule has 1 atom stereocenters. The lowest BCUT2D eigenvalue weighted by molar-refractivity contribution is 0.360. The van der Waals surface area contributed by atoms with Crippen LogP contribution >= 0.6 is 23.2 Å². The maximum Gasteiger partial charge on any atom is 0.195 e. The standard InChI is InChI=1S/C15H20Cl2N4/c1-15(2,3)8-19-12-7-11(20-14(18)21-12)9-5-4-6-10(16)13(9)17/h4-7,12,19H,8H2,1-3H3,(H3,18,20,21). The molecular formula is C15H20Cl2N4. The number of nitrogens with one attached hydrogen (secondary N) is 2. The number of nitrogens with two attached hydrogens (primary N) is 1. The molecule has 1 aromatic rings. The third-order valence-electron chi connectivity index (χ3n) is 2.95. The molecule has 21 heavy (non-hydrogen) atoms. The fourth-order valence-corrected chi connectivity index (χ4v) is 2.33. The normalized spacial score (nSPS) is 18.8. The summed E-state index contributed by atoms with van der Waals surface area (Å²) in [7, 11) is 0. The SMILES string of the molecule is CC(C)(C)CNC1C=C(c2cccc(Cl)c2Cl)N=C(N)N1. The lowest BCUT2D eigenvalue weighted by atomic mass is 9.97. The fourth-order valence-electron chi connectivity index (χ4n) is 1.94. The van der Waals surface area contributed by atoms with Crippen LogP contribution in [0.15, 0.2) is 29.3 Å². The van der Waals surface area contributed by atoms with Crippen molar-refractivity contribution in [3.8, 4) is 0 Å². The predicted molar refractivity (Wildman–Crippen MR) is 90.4 cm³/mol. The van der Waals surface area contributed by atoms with Gasteiger partial charge in [-0.1, -0.05) is 56.1 Å². The summed E-state index contributed by atoms with van der Waals surface area (Å²) in [6, 6.07) is 5.47. The maximum atomic E-state index is 6.25. The third-order valence-corrected chi connectivity index (χ3v) is 3.77. The Morgan fingerprint density at radius 3 is 2.71 bits per heavy atom. The zero-order valence-corrected chi connectivity index (χ0v) is 13.9. The highest BCUT2D eigenvalue weighted by molar-refractivity contribution is 6.43. The number of guanidine groups is 1. The van der Waals surface area contributed by atoms with Gasteiger partial charge in [0, 0.05) is 12.1 Å². The number of benzene rings is 1. The molecular weight excluding hydrogens is 307 g/mol. The maximum absolute atomic E-state index is 6.25. The van der Waals surface area contributed by atoms with Gasteiger partial charge in [-0.15, -0.1) is 0 Å². The second kappa shape index (κ2) is 6.26. The molecule has 1 unspecified atom stereocenters. The fraction of sp³-hybridized carbons (Fsp3) is 0.400. The molecule has 1 aromatic carbocycles. The summed E-state index contributed by atoms with van der Waals surface area (Å²) in [6.07, 6.45) is 1.87. The van der Waals surface area contributed by atoms with E-state index >= 15 is 0 Å². The molecule has 4 N–H and O–H groups in total. The second-order valence-electron chi connectivity index (χ2n) is 6.21. The first-order chi connectivity index (χ1) is 9.76. The summed E-state index contributed by atoms with van der Waals surface area (Å²) in [5, 5.41) is 7.47. The van der Waals surface area contributed by atoms with Crippen LogP contribution in [0.5, 0.6) is 0 Å². The van der Waals surface area contributed by atoms with E-state index in [2.05, 4.69) is 36.4 Å². The lowest BCUT2D eigenvalue weighted by Gasteiger charge is -2.27. The Bertz CT molecular complexity index is 588. The molecule has 0 fully saturated rings. The van der Waals surface area contributed by atoms with E-state index in [0.29, 0.717) is 21.7 Å². The highest BCUT2D eigenvalue weighted by Gasteiger charge is 2.19. The molecule has 0 saturated carbocycles. The summed E-state index contributed by atoms with van der Waals surface area (Å²) < 4.78 is 0. The van der Waals surface area contributed by atoms with E-state index in [1.54, 1.807) is 6.07 Å². The van der Waals surface area contributed by atoms with Crippen LogP contribution in [-0.2, 0) is 0 Å². The minimum absolute atomic E-state index is 0.0910. The molecule has 0 saturated heterocycles. The first-order valence-corrected chi connectivity index (χ1v) is 7.52. The Balaban J connectivity index is 2.25. The van der Waals surface area contributed by atoms with Gasteiger partial charge in [0.05, 0.1) is 15.7 Å². The van der Waals surface area contributed by atoms with Crippen molar-refractivity contribution in [1.29, 1.82) is 0 Å². The van der Waals surface area contributed by atoms with Crippen LogP contribution in [0.25, 0.3) is 5.70 Å². The van der Waals surface area contributed by atoms with E-state index in [0.717, 1.165) is 12.1 Å². The molecule has 0 bridgehead atoms. The second-order valence-corrected chi connectivity index (χ2v) is 7.00. The van der Waals surface area contributed by atoms with E-state index < -0.39 is 0 Å². The summed E-state index contributed by atoms with van der Waals surface area (Å²) in [4.78, 5) is 4.31. The smallest absolute Gasteiger partial charge is 0.195 e. The van der Waals surface area contributed by atoms with Crippen LogP contribution in [-0.4, -0.2) is 18.7 Å². The zero-order valence-electron chi connectivity index (χ0n) is 12.4. The van der Waals surface area contributed by atoms with Crippen molar-refractivity contribution in [3.05, 3.63) is 39.9 Å². The lowest BCUT2D eigenvalue weighted by Crippen LogP contribution is -2.50. The van der Waals surface area contributed by atoms with E-state index in [1.807, 2.05) is 18.2 Å². The van der Waals surface area contributed by atoms with Gasteiger partial charge >= 0.3 is 0 Å². The molecule has 1 aliphatic rings. The van der Waals surface area contributed by atoms with Crippen molar-refractivity contribution in [3.63, 3.8) is 0 Å². The number of nitrogens with zero attached hydrogens (tertiary/aromatic N) is 1. The molecule has 2 rings (SSSR count). The summed E-state index contributed by atoms with van der Waals surface area (Å²) in [5.74, 6) is 0.356. The molecule has 1 heterocycles. The molecule has 6 heteroatoms. The number of rotatable bonds is 3. The number of halogens is 2. The predicted octanol–water partition coefficient (Wildman–Crippen LogP) is 3.21. The molecule has 0 aliphatic carbocycles. The van der Waals surface area contributed by atoms with Gasteiger partial charge in [0.1, 0.15) is 6.17 Å². The average molecular weight is 327 g/mol. The first kappa shape index (κ1) is 16.1. The van der Waals surface area contributed by atoms with Gasteiger partial charge in [-0.3, -0.25) is 5.32 Å². The Morgan fingerprint density at radius 1 is 1.33 bits per heavy atom. The number of hydrogen-bond acceptors (Lipinski definition) is 4. The summed E-state index contributed by atoms with van der Waals surface area (Å²) >= 11 is 12.3. The topological polar surface area (TPSA) is 62.4 Å². The van der Waals surface area contributed by atoms with Crippen molar-refractivity contribution in [2.45, 2.75) is 26.9 Å². The van der Waals surface area contributed by atoms with E-state index in [1.165, 1.54) is 0 Å². The van der Waals surface area contributed by atoms with Crippen LogP contribution < -0.4 is 16.4 Å². The van der Waals surface area contributed by atoms with Crippen molar-refractivity contribution in [2.24, 2.45) is 16.1 Å². The van der Waals surface area contributed by atoms with Gasteiger partial charge in [-0.2, -0.15) is 0 Å². The van der Waals surface area contributed by atoms with Crippen molar-refractivity contribution in [2.75, 3.05) is 6.54 Å². The van der Waals surface area contributed by atoms with E-state index in [-0.39, 0.29) is 11.6 Å². The summed E-state index contributed by atoms with van der Waals surface area (Å²) in [5.41, 5.74) is 7.52. The number of aliphatic imine (C=N–C) groups is 1. The quantitative estimate of drug-likeness (QED) is 0.799. The highest BCUT2D eigenvalue weighted by atomic mass is 35.5. The monoisotopic (exact) mass is 326 g/mol. The first-order valence-electron chi connectivity index (χ1n) is 6.76. The van der Waals surface area contributed by atoms with Crippen LogP contribution in [0.1, 0.15) is 26.3 Å². The van der Waals surface area contributed by atoms with Gasteiger partial charge in [0.2, 0.25) is 0 Å². The Labute approximate surface area is 135 Å². The van der Waals surface area contributed by atoms with Crippen molar-refractivity contribution < 1.29 is 0 Å². The van der Waals surface area contributed by atoms with Crippen LogP contribution in [0.4, 0.5) is 0 Å². The van der Waals surface area contributed by atoms with E-state index in [9.17, 15) is 0 Å². The summed E-state index contributed by atoms with van der Waals surface area (Å²) in [6.45, 7) is 7.33. The average Bonchev–Trinajstić information content (AvgIpc) is 2.38. The van der Waals surface area contributed by atoms with Gasteiger partial charge in [0.25, 0.3) is 0 Å². The molecule has 114 valence electrons. The minimum atomic E-state index is -0.0910. The Kier molecular flexibility index (Phi) is 4.81. The van der Waals surface area contributed by atoms with Gasteiger partial charge in [0.15, 0.2) is 5.96 Å². The van der Waals surface area contributed by atoms with Gasteiger partial charge in [-0.25, -0.2) is 4.99 Å². The molecule has 0 aromatic heterocycles. The Hall–Kier alpha value is -1.23. The molecule has 0 spiro atoms. The van der Waals surface area contributed by atoms with Crippen molar-refractivity contribution in [1.82, 2.24) is 10.6 Å². The van der Waals surface area contributed by atoms with Crippen LogP contribution in [0.2, 0.25) is 10.0 Å². The zero-order chi connectivity index (χ0) is 15.6. The molecule has 0 amide bonds. The molecule has 1 aliphatic heterocycles. The number of hydrogen-bond donors (Lipinski definition) is 3. The largest absolute Gasteiger partial charge is 0.370 e. The van der Waals surface area contributed by atoms with Crippen LogP contribution in [0, 0.1) is 5.41 Å². The van der Waals surface area contributed by atoms with Crippen LogP contribution in [0.3, 0.4) is 0 Å². The van der Waals surface area contributed by atoms with E-state index in [4.69, 9.17) is 28.9 Å². The molecule has 4 nitrogen and oxygen atoms in total. The molecule has 0 radical (unpaired) electrons. The third kappa shape index (κ3) is 4.37. The van der Waals surface area contributed by atoms with Gasteiger partial charge < -0.3 is 11.1 Å².